The van der Waals surface area contributed by atoms with Crippen LogP contribution in [0.15, 0.2) is 48.8 Å². The van der Waals surface area contributed by atoms with Crippen molar-refractivity contribution < 1.29 is 9.53 Å². The van der Waals surface area contributed by atoms with Gasteiger partial charge in [-0.05, 0) is 48.4 Å². The standard InChI is InChI=1S/C16H17ClN2O2/c1-2-15(21-14-5-3-13(17)4-6-14)16(20)19-11-12-7-9-18-10-8-12/h3-10,15H,2,11H2,1H3,(H,19,20)/t15-/m1/s1. The van der Waals surface area contributed by atoms with Gasteiger partial charge in [-0.1, -0.05) is 18.5 Å². The van der Waals surface area contributed by atoms with Gasteiger partial charge in [0.25, 0.3) is 5.91 Å². The molecule has 5 heteroatoms. The van der Waals surface area contributed by atoms with Gasteiger partial charge in [-0.15, -0.1) is 0 Å². The summed E-state index contributed by atoms with van der Waals surface area (Å²) in [4.78, 5) is 16.1. The minimum atomic E-state index is -0.520. The fraction of sp³-hybridized carbons (Fsp3) is 0.250. The van der Waals surface area contributed by atoms with Crippen LogP contribution >= 0.6 is 11.6 Å². The van der Waals surface area contributed by atoms with Crippen LogP contribution in [0.3, 0.4) is 0 Å². The first-order valence-electron chi connectivity index (χ1n) is 6.78. The summed E-state index contributed by atoms with van der Waals surface area (Å²) in [5.74, 6) is 0.495. The fourth-order valence-electron chi connectivity index (χ4n) is 1.80. The lowest BCUT2D eigenvalue weighted by Crippen LogP contribution is -2.37. The quantitative estimate of drug-likeness (QED) is 0.891. The zero-order valence-corrected chi connectivity index (χ0v) is 12.5. The summed E-state index contributed by atoms with van der Waals surface area (Å²) < 4.78 is 5.69. The van der Waals surface area contributed by atoms with E-state index in [0.29, 0.717) is 23.7 Å². The van der Waals surface area contributed by atoms with Crippen LogP contribution in [0.5, 0.6) is 5.75 Å². The molecule has 0 aliphatic rings. The molecule has 0 saturated heterocycles. The molecule has 0 aliphatic heterocycles. The van der Waals surface area contributed by atoms with Crippen molar-refractivity contribution >= 4 is 17.5 Å². The van der Waals surface area contributed by atoms with E-state index < -0.39 is 6.10 Å². The zero-order valence-electron chi connectivity index (χ0n) is 11.8. The molecule has 110 valence electrons. The molecule has 1 N–H and O–H groups in total. The molecule has 21 heavy (non-hydrogen) atoms. The smallest absolute Gasteiger partial charge is 0.261 e. The van der Waals surface area contributed by atoms with Crippen LogP contribution in [0.25, 0.3) is 0 Å². The Morgan fingerprint density at radius 3 is 2.52 bits per heavy atom. The summed E-state index contributed by atoms with van der Waals surface area (Å²) in [7, 11) is 0. The van der Waals surface area contributed by atoms with Gasteiger partial charge in [0.05, 0.1) is 0 Å². The summed E-state index contributed by atoms with van der Waals surface area (Å²) in [6, 6.07) is 10.7. The molecule has 1 heterocycles. The van der Waals surface area contributed by atoms with Crippen LogP contribution in [-0.4, -0.2) is 17.0 Å². The number of nitrogens with zero attached hydrogens (tertiary/aromatic N) is 1. The molecule has 2 aromatic rings. The number of carbonyl (C=O) groups is 1. The minimum Gasteiger partial charge on any atom is -0.481 e. The zero-order chi connectivity index (χ0) is 15.1. The van der Waals surface area contributed by atoms with Crippen molar-refractivity contribution in [2.45, 2.75) is 26.0 Å². The number of benzene rings is 1. The lowest BCUT2D eigenvalue weighted by atomic mass is 10.2. The van der Waals surface area contributed by atoms with Crippen LogP contribution in [-0.2, 0) is 11.3 Å². The molecule has 1 amide bonds. The highest BCUT2D eigenvalue weighted by atomic mass is 35.5. The van der Waals surface area contributed by atoms with Gasteiger partial charge < -0.3 is 10.1 Å². The third-order valence-electron chi connectivity index (χ3n) is 2.97. The largest absolute Gasteiger partial charge is 0.481 e. The Hall–Kier alpha value is -2.07. The van der Waals surface area contributed by atoms with Gasteiger partial charge in [-0.2, -0.15) is 0 Å². The van der Waals surface area contributed by atoms with E-state index >= 15 is 0 Å². The van der Waals surface area contributed by atoms with Crippen molar-refractivity contribution in [1.29, 1.82) is 0 Å². The second-order valence-electron chi connectivity index (χ2n) is 4.54. The average molecular weight is 305 g/mol. The van der Waals surface area contributed by atoms with Gasteiger partial charge in [0, 0.05) is 24.0 Å². The molecule has 0 radical (unpaired) electrons. The SMILES string of the molecule is CC[C@@H](Oc1ccc(Cl)cc1)C(=O)NCc1ccncc1. The van der Waals surface area contributed by atoms with E-state index in [0.717, 1.165) is 5.56 Å². The van der Waals surface area contributed by atoms with Crippen LogP contribution in [0.1, 0.15) is 18.9 Å². The van der Waals surface area contributed by atoms with Gasteiger partial charge in [-0.25, -0.2) is 0 Å². The number of carbonyl (C=O) groups excluding carboxylic acids is 1. The molecule has 1 aromatic carbocycles. The molecule has 0 fully saturated rings. The van der Waals surface area contributed by atoms with Crippen molar-refractivity contribution in [2.24, 2.45) is 0 Å². The Morgan fingerprint density at radius 2 is 1.90 bits per heavy atom. The molecule has 0 unspecified atom stereocenters. The summed E-state index contributed by atoms with van der Waals surface area (Å²) in [6.07, 6.45) is 3.46. The van der Waals surface area contributed by atoms with E-state index in [-0.39, 0.29) is 5.91 Å². The molecule has 1 aromatic heterocycles. The molecule has 0 spiro atoms. The van der Waals surface area contributed by atoms with E-state index in [2.05, 4.69) is 10.3 Å². The van der Waals surface area contributed by atoms with Crippen LogP contribution < -0.4 is 10.1 Å². The van der Waals surface area contributed by atoms with Gasteiger partial charge in [-0.3, -0.25) is 9.78 Å². The van der Waals surface area contributed by atoms with Gasteiger partial charge in [0.2, 0.25) is 0 Å². The lowest BCUT2D eigenvalue weighted by Gasteiger charge is -2.17. The van der Waals surface area contributed by atoms with E-state index in [4.69, 9.17) is 16.3 Å². The number of rotatable bonds is 6. The molecule has 2 rings (SSSR count). The second-order valence-corrected chi connectivity index (χ2v) is 4.98. The summed E-state index contributed by atoms with van der Waals surface area (Å²) in [5, 5.41) is 3.50. The average Bonchev–Trinajstić information content (AvgIpc) is 2.53. The molecule has 0 saturated carbocycles. The lowest BCUT2D eigenvalue weighted by molar-refractivity contribution is -0.128. The Morgan fingerprint density at radius 1 is 1.24 bits per heavy atom. The Labute approximate surface area is 129 Å². The highest BCUT2D eigenvalue weighted by Gasteiger charge is 2.17. The van der Waals surface area contributed by atoms with E-state index in [1.54, 1.807) is 36.7 Å². The number of aromatic nitrogens is 1. The number of amides is 1. The van der Waals surface area contributed by atoms with Crippen molar-refractivity contribution in [1.82, 2.24) is 10.3 Å². The topological polar surface area (TPSA) is 51.2 Å². The van der Waals surface area contributed by atoms with Gasteiger partial charge in [0.1, 0.15) is 5.75 Å². The van der Waals surface area contributed by atoms with E-state index in [1.165, 1.54) is 0 Å². The predicted octanol–water partition coefficient (Wildman–Crippen LogP) is 3.21. The number of hydrogen-bond acceptors (Lipinski definition) is 3. The number of ether oxygens (including phenoxy) is 1. The molecular formula is C16H17ClN2O2. The van der Waals surface area contributed by atoms with Crippen LogP contribution in [0, 0.1) is 0 Å². The summed E-state index contributed by atoms with van der Waals surface area (Å²) >= 11 is 5.82. The van der Waals surface area contributed by atoms with Crippen LogP contribution in [0.2, 0.25) is 5.02 Å². The fourth-order valence-corrected chi connectivity index (χ4v) is 1.93. The second kappa shape index (κ2) is 7.64. The van der Waals surface area contributed by atoms with Gasteiger partial charge >= 0.3 is 0 Å². The minimum absolute atomic E-state index is 0.135. The van der Waals surface area contributed by atoms with Crippen molar-refractivity contribution in [3.05, 3.63) is 59.4 Å². The third-order valence-corrected chi connectivity index (χ3v) is 3.22. The maximum absolute atomic E-state index is 12.1. The maximum atomic E-state index is 12.1. The van der Waals surface area contributed by atoms with Crippen molar-refractivity contribution in [3.8, 4) is 5.75 Å². The van der Waals surface area contributed by atoms with Gasteiger partial charge in [0.15, 0.2) is 6.10 Å². The first kappa shape index (κ1) is 15.3. The Bertz CT molecular complexity index is 573. The van der Waals surface area contributed by atoms with Crippen molar-refractivity contribution in [2.75, 3.05) is 0 Å². The number of halogens is 1. The Kier molecular flexibility index (Phi) is 5.58. The highest BCUT2D eigenvalue weighted by molar-refractivity contribution is 6.30. The highest BCUT2D eigenvalue weighted by Crippen LogP contribution is 2.17. The van der Waals surface area contributed by atoms with E-state index in [1.807, 2.05) is 19.1 Å². The Balaban J connectivity index is 1.90. The van der Waals surface area contributed by atoms with Crippen LogP contribution in [0.4, 0.5) is 0 Å². The first-order chi connectivity index (χ1) is 10.2. The first-order valence-corrected chi connectivity index (χ1v) is 7.15. The maximum Gasteiger partial charge on any atom is 0.261 e. The monoisotopic (exact) mass is 304 g/mol. The summed E-state index contributed by atoms with van der Waals surface area (Å²) in [6.45, 7) is 2.37. The normalized spacial score (nSPS) is 11.7. The van der Waals surface area contributed by atoms with Crippen molar-refractivity contribution in [3.63, 3.8) is 0 Å². The number of hydrogen-bond donors (Lipinski definition) is 1. The van der Waals surface area contributed by atoms with E-state index in [9.17, 15) is 4.79 Å². The number of nitrogens with one attached hydrogen (secondary N) is 1. The third kappa shape index (κ3) is 4.76. The molecular weight excluding hydrogens is 288 g/mol. The molecule has 4 nitrogen and oxygen atoms in total. The summed E-state index contributed by atoms with van der Waals surface area (Å²) in [5.41, 5.74) is 1.000. The predicted molar refractivity (Wildman–Crippen MR) is 82.2 cm³/mol. The molecule has 0 aliphatic carbocycles. The number of pyridine rings is 1. The molecule has 0 bridgehead atoms. The molecule has 1 atom stereocenters.